The Morgan fingerprint density at radius 3 is 2.39 bits per heavy atom. The summed E-state index contributed by atoms with van der Waals surface area (Å²) in [7, 11) is 0. The number of urea groups is 1. The van der Waals surface area contributed by atoms with Gasteiger partial charge in [-0.3, -0.25) is 14.5 Å². The Hall–Kier alpha value is -3.29. The van der Waals surface area contributed by atoms with Crippen LogP contribution in [0.5, 0.6) is 0 Å². The largest absolute Gasteiger partial charge is 0.354 e. The molecule has 2 fully saturated rings. The third-order valence-corrected chi connectivity index (χ3v) is 6.39. The van der Waals surface area contributed by atoms with Gasteiger partial charge < -0.3 is 10.6 Å². The van der Waals surface area contributed by atoms with E-state index >= 15 is 0 Å². The van der Waals surface area contributed by atoms with Crippen LogP contribution in [0.1, 0.15) is 37.3 Å². The highest BCUT2D eigenvalue weighted by atomic mass is 19.2. The second-order valence-corrected chi connectivity index (χ2v) is 8.35. The molecule has 31 heavy (non-hydrogen) atoms. The standard InChI is InChI=1S/C23H23F2N3O3/c1-22(16-8-9-17(24)18(25)12-16)20(30)28(21(31)27-22)13-19(29)26-14-23(10-5-11-23)15-6-3-2-4-7-15/h2-4,6-9,12H,5,10-11,13-14H2,1H3,(H,26,29)(H,27,31). The van der Waals surface area contributed by atoms with Crippen molar-refractivity contribution in [2.45, 2.75) is 37.1 Å². The fourth-order valence-electron chi connectivity index (χ4n) is 4.27. The number of hydrogen-bond donors (Lipinski definition) is 2. The molecule has 1 atom stereocenters. The summed E-state index contributed by atoms with van der Waals surface area (Å²) in [6, 6.07) is 12.2. The Kier molecular flexibility index (Phi) is 5.24. The molecular weight excluding hydrogens is 404 g/mol. The summed E-state index contributed by atoms with van der Waals surface area (Å²) >= 11 is 0. The summed E-state index contributed by atoms with van der Waals surface area (Å²) in [5.41, 5.74) is -0.452. The molecule has 2 aromatic rings. The van der Waals surface area contributed by atoms with E-state index in [1.165, 1.54) is 13.0 Å². The predicted molar refractivity (Wildman–Crippen MR) is 109 cm³/mol. The van der Waals surface area contributed by atoms with Gasteiger partial charge in [-0.15, -0.1) is 0 Å². The number of imide groups is 1. The van der Waals surface area contributed by atoms with E-state index in [9.17, 15) is 23.2 Å². The van der Waals surface area contributed by atoms with E-state index in [0.717, 1.165) is 41.9 Å². The first-order valence-electron chi connectivity index (χ1n) is 10.2. The van der Waals surface area contributed by atoms with Crippen LogP contribution in [-0.2, 0) is 20.5 Å². The van der Waals surface area contributed by atoms with Crippen LogP contribution in [-0.4, -0.2) is 35.8 Å². The van der Waals surface area contributed by atoms with E-state index in [4.69, 9.17) is 0 Å². The third kappa shape index (κ3) is 3.66. The van der Waals surface area contributed by atoms with Crippen molar-refractivity contribution in [3.05, 3.63) is 71.3 Å². The minimum absolute atomic E-state index is 0.102. The smallest absolute Gasteiger partial charge is 0.325 e. The summed E-state index contributed by atoms with van der Waals surface area (Å²) in [6.45, 7) is 1.37. The minimum atomic E-state index is -1.58. The van der Waals surface area contributed by atoms with Gasteiger partial charge in [-0.05, 0) is 43.0 Å². The van der Waals surface area contributed by atoms with Gasteiger partial charge in [0.05, 0.1) is 0 Å². The molecule has 2 aliphatic rings. The number of carbonyl (C=O) groups is 3. The molecule has 1 heterocycles. The molecule has 1 aliphatic heterocycles. The molecule has 1 saturated heterocycles. The summed E-state index contributed by atoms with van der Waals surface area (Å²) in [6.07, 6.45) is 2.98. The average Bonchev–Trinajstić information content (AvgIpc) is 2.94. The zero-order valence-electron chi connectivity index (χ0n) is 17.1. The maximum atomic E-state index is 13.6. The maximum absolute atomic E-state index is 13.6. The highest BCUT2D eigenvalue weighted by molar-refractivity contribution is 6.09. The number of benzene rings is 2. The molecule has 1 saturated carbocycles. The van der Waals surface area contributed by atoms with Gasteiger partial charge in [0.25, 0.3) is 5.91 Å². The lowest BCUT2D eigenvalue weighted by molar-refractivity contribution is -0.134. The highest BCUT2D eigenvalue weighted by Gasteiger charge is 2.50. The lowest BCUT2D eigenvalue weighted by Gasteiger charge is -2.42. The zero-order valence-corrected chi connectivity index (χ0v) is 17.1. The number of carbonyl (C=O) groups excluding carboxylic acids is 3. The fourth-order valence-corrected chi connectivity index (χ4v) is 4.27. The van der Waals surface area contributed by atoms with Gasteiger partial charge in [0.15, 0.2) is 11.6 Å². The second kappa shape index (κ2) is 7.76. The molecule has 0 radical (unpaired) electrons. The van der Waals surface area contributed by atoms with Gasteiger partial charge in [-0.2, -0.15) is 0 Å². The molecule has 1 unspecified atom stereocenters. The van der Waals surface area contributed by atoms with E-state index < -0.39 is 41.6 Å². The van der Waals surface area contributed by atoms with E-state index in [1.54, 1.807) is 0 Å². The summed E-state index contributed by atoms with van der Waals surface area (Å²) in [4.78, 5) is 38.7. The van der Waals surface area contributed by atoms with Crippen LogP contribution in [0.25, 0.3) is 0 Å². The lowest BCUT2D eigenvalue weighted by Crippen LogP contribution is -2.49. The molecule has 8 heteroatoms. The van der Waals surface area contributed by atoms with Gasteiger partial charge in [0.1, 0.15) is 12.1 Å². The van der Waals surface area contributed by atoms with Crippen molar-refractivity contribution in [1.82, 2.24) is 15.5 Å². The SMILES string of the molecule is CC1(c2ccc(F)c(F)c2)NC(=O)N(CC(=O)NCC2(c3ccccc3)CCC2)C1=O. The molecule has 0 aromatic heterocycles. The Bertz CT molecular complexity index is 1040. The summed E-state index contributed by atoms with van der Waals surface area (Å²) < 4.78 is 26.9. The zero-order chi connectivity index (χ0) is 22.2. The van der Waals surface area contributed by atoms with Crippen molar-refractivity contribution in [2.24, 2.45) is 0 Å². The first-order chi connectivity index (χ1) is 14.7. The monoisotopic (exact) mass is 427 g/mol. The van der Waals surface area contributed by atoms with Crippen molar-refractivity contribution in [2.75, 3.05) is 13.1 Å². The lowest BCUT2D eigenvalue weighted by atomic mass is 9.64. The molecule has 2 aromatic carbocycles. The van der Waals surface area contributed by atoms with Gasteiger partial charge in [-0.1, -0.05) is 42.8 Å². The second-order valence-electron chi connectivity index (χ2n) is 8.35. The molecule has 0 bridgehead atoms. The van der Waals surface area contributed by atoms with E-state index in [1.807, 2.05) is 30.3 Å². The molecule has 2 N–H and O–H groups in total. The average molecular weight is 427 g/mol. The molecule has 162 valence electrons. The number of hydrogen-bond acceptors (Lipinski definition) is 3. The quantitative estimate of drug-likeness (QED) is 0.696. The van der Waals surface area contributed by atoms with E-state index in [2.05, 4.69) is 10.6 Å². The first-order valence-corrected chi connectivity index (χ1v) is 10.2. The molecule has 6 nitrogen and oxygen atoms in total. The van der Waals surface area contributed by atoms with Crippen molar-refractivity contribution in [3.63, 3.8) is 0 Å². The van der Waals surface area contributed by atoms with Crippen LogP contribution in [0.3, 0.4) is 0 Å². The molecule has 4 amide bonds. The van der Waals surface area contributed by atoms with Crippen molar-refractivity contribution in [1.29, 1.82) is 0 Å². The molecule has 4 rings (SSSR count). The summed E-state index contributed by atoms with van der Waals surface area (Å²) in [5.74, 6) is -3.33. The molecular formula is C23H23F2N3O3. The molecule has 0 spiro atoms. The summed E-state index contributed by atoms with van der Waals surface area (Å²) in [5, 5.41) is 5.34. The number of nitrogens with zero attached hydrogens (tertiary/aromatic N) is 1. The topological polar surface area (TPSA) is 78.5 Å². The van der Waals surface area contributed by atoms with E-state index in [0.29, 0.717) is 6.54 Å². The fraction of sp³-hybridized carbons (Fsp3) is 0.348. The first kappa shape index (κ1) is 21.0. The minimum Gasteiger partial charge on any atom is -0.354 e. The highest BCUT2D eigenvalue weighted by Crippen LogP contribution is 2.43. The van der Waals surface area contributed by atoms with Crippen LogP contribution in [0.4, 0.5) is 13.6 Å². The number of nitrogens with one attached hydrogen (secondary N) is 2. The Balaban J connectivity index is 1.43. The van der Waals surface area contributed by atoms with Crippen molar-refractivity contribution in [3.8, 4) is 0 Å². The van der Waals surface area contributed by atoms with E-state index in [-0.39, 0.29) is 11.0 Å². The Morgan fingerprint density at radius 1 is 1.06 bits per heavy atom. The van der Waals surface area contributed by atoms with Gasteiger partial charge in [0, 0.05) is 12.0 Å². The van der Waals surface area contributed by atoms with Crippen LogP contribution >= 0.6 is 0 Å². The number of halogens is 2. The van der Waals surface area contributed by atoms with Crippen LogP contribution < -0.4 is 10.6 Å². The van der Waals surface area contributed by atoms with Gasteiger partial charge in [0.2, 0.25) is 5.91 Å². The van der Waals surface area contributed by atoms with Crippen LogP contribution in [0, 0.1) is 11.6 Å². The van der Waals surface area contributed by atoms with Crippen LogP contribution in [0.2, 0.25) is 0 Å². The molecule has 1 aliphatic carbocycles. The predicted octanol–water partition coefficient (Wildman–Crippen LogP) is 2.97. The maximum Gasteiger partial charge on any atom is 0.325 e. The number of rotatable bonds is 6. The van der Waals surface area contributed by atoms with Crippen molar-refractivity contribution >= 4 is 17.8 Å². The van der Waals surface area contributed by atoms with Crippen molar-refractivity contribution < 1.29 is 23.2 Å². The Morgan fingerprint density at radius 2 is 1.77 bits per heavy atom. The van der Waals surface area contributed by atoms with Gasteiger partial charge >= 0.3 is 6.03 Å². The van der Waals surface area contributed by atoms with Gasteiger partial charge in [-0.25, -0.2) is 13.6 Å². The third-order valence-electron chi connectivity index (χ3n) is 6.39. The number of amides is 4. The Labute approximate surface area is 178 Å². The normalized spacial score (nSPS) is 22.1. The van der Waals surface area contributed by atoms with Crippen LogP contribution in [0.15, 0.2) is 48.5 Å².